The first kappa shape index (κ1) is 14.5. The Kier molecular flexibility index (Phi) is 4.71. The van der Waals surface area contributed by atoms with Crippen LogP contribution in [0.25, 0.3) is 0 Å². The molecule has 2 atom stereocenters. The van der Waals surface area contributed by atoms with Gasteiger partial charge in [0.25, 0.3) is 5.69 Å². The van der Waals surface area contributed by atoms with Gasteiger partial charge in [0.15, 0.2) is 0 Å². The maximum Gasteiger partial charge on any atom is 0.310 e. The largest absolute Gasteiger partial charge is 0.462 e. The van der Waals surface area contributed by atoms with Crippen molar-refractivity contribution < 1.29 is 14.5 Å². The van der Waals surface area contributed by atoms with Crippen LogP contribution in [-0.2, 0) is 16.0 Å². The fourth-order valence-corrected chi connectivity index (χ4v) is 2.71. The summed E-state index contributed by atoms with van der Waals surface area (Å²) in [5.74, 6) is 0.200. The fourth-order valence-electron chi connectivity index (χ4n) is 2.71. The van der Waals surface area contributed by atoms with Gasteiger partial charge in [-0.05, 0) is 25.2 Å². The number of ether oxygens (including phenoxy) is 1. The average Bonchev–Trinajstić information content (AvgIpc) is 2.38. The quantitative estimate of drug-likeness (QED) is 0.481. The highest BCUT2D eigenvalue weighted by atomic mass is 16.6. The van der Waals surface area contributed by atoms with Crippen molar-refractivity contribution in [2.75, 3.05) is 0 Å². The van der Waals surface area contributed by atoms with Crippen molar-refractivity contribution in [2.24, 2.45) is 5.92 Å². The van der Waals surface area contributed by atoms with Crippen LogP contribution in [-0.4, -0.2) is 17.0 Å². The number of hydrogen-bond acceptors (Lipinski definition) is 4. The first-order valence-electron chi connectivity index (χ1n) is 6.98. The van der Waals surface area contributed by atoms with Gasteiger partial charge in [0, 0.05) is 11.6 Å². The number of nitro groups is 1. The second-order valence-electron chi connectivity index (χ2n) is 5.45. The lowest BCUT2D eigenvalue weighted by Crippen LogP contribution is -2.25. The van der Waals surface area contributed by atoms with E-state index >= 15 is 0 Å². The topological polar surface area (TPSA) is 69.4 Å². The van der Waals surface area contributed by atoms with E-state index in [4.69, 9.17) is 4.74 Å². The second kappa shape index (κ2) is 6.50. The predicted molar refractivity (Wildman–Crippen MR) is 74.3 cm³/mol. The summed E-state index contributed by atoms with van der Waals surface area (Å²) >= 11 is 0. The smallest absolute Gasteiger partial charge is 0.310 e. The van der Waals surface area contributed by atoms with E-state index in [1.807, 2.05) is 0 Å². The van der Waals surface area contributed by atoms with Gasteiger partial charge in [0.05, 0.1) is 11.3 Å². The highest BCUT2D eigenvalue weighted by Gasteiger charge is 2.23. The van der Waals surface area contributed by atoms with Crippen molar-refractivity contribution in [1.29, 1.82) is 0 Å². The van der Waals surface area contributed by atoms with Crippen molar-refractivity contribution in [1.82, 2.24) is 0 Å². The van der Waals surface area contributed by atoms with E-state index in [-0.39, 0.29) is 24.2 Å². The minimum atomic E-state index is -0.467. The van der Waals surface area contributed by atoms with E-state index < -0.39 is 4.92 Å². The van der Waals surface area contributed by atoms with Gasteiger partial charge in [-0.3, -0.25) is 14.9 Å². The summed E-state index contributed by atoms with van der Waals surface area (Å²) in [6.45, 7) is 2.15. The molecule has 1 aromatic rings. The molecule has 0 N–H and O–H groups in total. The van der Waals surface area contributed by atoms with Crippen LogP contribution in [0.1, 0.15) is 38.2 Å². The third kappa shape index (κ3) is 3.79. The molecule has 0 bridgehead atoms. The van der Waals surface area contributed by atoms with Gasteiger partial charge in [-0.1, -0.05) is 31.5 Å². The van der Waals surface area contributed by atoms with Gasteiger partial charge in [-0.2, -0.15) is 0 Å². The van der Waals surface area contributed by atoms with E-state index in [1.54, 1.807) is 18.2 Å². The van der Waals surface area contributed by atoms with Crippen LogP contribution in [0.4, 0.5) is 5.69 Å². The average molecular weight is 277 g/mol. The molecule has 5 heteroatoms. The summed E-state index contributed by atoms with van der Waals surface area (Å²) in [7, 11) is 0. The van der Waals surface area contributed by atoms with Crippen LogP contribution in [0.3, 0.4) is 0 Å². The summed E-state index contributed by atoms with van der Waals surface area (Å²) in [5, 5.41) is 10.9. The number of carbonyl (C=O) groups is 1. The zero-order valence-corrected chi connectivity index (χ0v) is 11.6. The molecular weight excluding hydrogens is 258 g/mol. The van der Waals surface area contributed by atoms with Crippen molar-refractivity contribution in [3.8, 4) is 0 Å². The number of nitrogens with zero attached hydrogens (tertiary/aromatic N) is 1. The van der Waals surface area contributed by atoms with Gasteiger partial charge in [-0.15, -0.1) is 0 Å². The van der Waals surface area contributed by atoms with E-state index in [0.29, 0.717) is 11.5 Å². The molecule has 1 fully saturated rings. The maximum absolute atomic E-state index is 11.9. The Hall–Kier alpha value is -1.91. The van der Waals surface area contributed by atoms with Crippen molar-refractivity contribution in [2.45, 2.75) is 45.1 Å². The first-order chi connectivity index (χ1) is 9.56. The lowest BCUT2D eigenvalue weighted by atomic mass is 9.89. The zero-order chi connectivity index (χ0) is 14.5. The van der Waals surface area contributed by atoms with Gasteiger partial charge in [-0.25, -0.2) is 0 Å². The molecule has 2 rings (SSSR count). The Labute approximate surface area is 118 Å². The molecule has 20 heavy (non-hydrogen) atoms. The van der Waals surface area contributed by atoms with Crippen molar-refractivity contribution in [3.63, 3.8) is 0 Å². The van der Waals surface area contributed by atoms with Crippen molar-refractivity contribution >= 4 is 11.7 Å². The predicted octanol–water partition coefficient (Wildman–Crippen LogP) is 3.26. The molecule has 0 saturated heterocycles. The highest BCUT2D eigenvalue weighted by Crippen LogP contribution is 2.26. The lowest BCUT2D eigenvalue weighted by molar-refractivity contribution is -0.385. The molecule has 1 aromatic carbocycles. The molecule has 2 unspecified atom stereocenters. The summed E-state index contributed by atoms with van der Waals surface area (Å²) in [6, 6.07) is 6.29. The molecule has 1 saturated carbocycles. The molecule has 108 valence electrons. The van der Waals surface area contributed by atoms with Crippen LogP contribution >= 0.6 is 0 Å². The Bertz CT molecular complexity index is 500. The summed E-state index contributed by atoms with van der Waals surface area (Å²) in [6.07, 6.45) is 3.97. The number of hydrogen-bond donors (Lipinski definition) is 0. The van der Waals surface area contributed by atoms with Gasteiger partial charge < -0.3 is 4.74 Å². The second-order valence-corrected chi connectivity index (χ2v) is 5.45. The molecule has 0 aliphatic heterocycles. The Morgan fingerprint density at radius 2 is 2.15 bits per heavy atom. The summed E-state index contributed by atoms with van der Waals surface area (Å²) in [5.41, 5.74) is 0.382. The van der Waals surface area contributed by atoms with E-state index in [0.717, 1.165) is 19.3 Å². The van der Waals surface area contributed by atoms with Gasteiger partial charge in [0.2, 0.25) is 0 Å². The van der Waals surface area contributed by atoms with E-state index in [1.165, 1.54) is 12.5 Å². The van der Waals surface area contributed by atoms with Crippen molar-refractivity contribution in [3.05, 3.63) is 39.9 Å². The Balaban J connectivity index is 1.96. The lowest BCUT2D eigenvalue weighted by Gasteiger charge is -2.26. The number of esters is 1. The third-order valence-electron chi connectivity index (χ3n) is 3.71. The maximum atomic E-state index is 11.9. The van der Waals surface area contributed by atoms with E-state index in [9.17, 15) is 14.9 Å². The van der Waals surface area contributed by atoms with Gasteiger partial charge in [0.1, 0.15) is 6.10 Å². The van der Waals surface area contributed by atoms with E-state index in [2.05, 4.69) is 6.92 Å². The number of rotatable bonds is 4. The standard InChI is InChI=1S/C15H19NO4/c1-11-5-4-7-13(9-11)20-15(17)10-12-6-2-3-8-14(12)16(18)19/h2-3,6,8,11,13H,4-5,7,9-10H2,1H3. The highest BCUT2D eigenvalue weighted by molar-refractivity contribution is 5.74. The Morgan fingerprint density at radius 3 is 2.85 bits per heavy atom. The molecule has 1 aliphatic carbocycles. The minimum Gasteiger partial charge on any atom is -0.462 e. The normalized spacial score (nSPS) is 22.2. The van der Waals surface area contributed by atoms with Crippen LogP contribution in [0.15, 0.2) is 24.3 Å². The molecule has 0 radical (unpaired) electrons. The van der Waals surface area contributed by atoms with Gasteiger partial charge >= 0.3 is 5.97 Å². The number of para-hydroxylation sites is 1. The van der Waals surface area contributed by atoms with Crippen LogP contribution in [0.2, 0.25) is 0 Å². The first-order valence-corrected chi connectivity index (χ1v) is 6.98. The SMILES string of the molecule is CC1CCCC(OC(=O)Cc2ccccc2[N+](=O)[O-])C1. The molecule has 5 nitrogen and oxygen atoms in total. The monoisotopic (exact) mass is 277 g/mol. The summed E-state index contributed by atoms with van der Waals surface area (Å²) in [4.78, 5) is 22.3. The molecule has 0 spiro atoms. The minimum absolute atomic E-state index is 0.0264. The van der Waals surface area contributed by atoms with Crippen LogP contribution in [0.5, 0.6) is 0 Å². The molecular formula is C15H19NO4. The molecule has 0 heterocycles. The number of benzene rings is 1. The number of nitro benzene ring substituents is 1. The molecule has 0 amide bonds. The molecule has 1 aliphatic rings. The molecule has 0 aromatic heterocycles. The van der Waals surface area contributed by atoms with Crippen LogP contribution < -0.4 is 0 Å². The zero-order valence-electron chi connectivity index (χ0n) is 11.6. The fraction of sp³-hybridized carbons (Fsp3) is 0.533. The van der Waals surface area contributed by atoms with Crippen LogP contribution in [0, 0.1) is 16.0 Å². The summed E-state index contributed by atoms with van der Waals surface area (Å²) < 4.78 is 5.44. The third-order valence-corrected chi connectivity index (χ3v) is 3.71. The Morgan fingerprint density at radius 1 is 1.40 bits per heavy atom. The number of carbonyl (C=O) groups excluding carboxylic acids is 1.